The third kappa shape index (κ3) is 10.4. The van der Waals surface area contributed by atoms with Gasteiger partial charge in [0.25, 0.3) is 11.8 Å². The largest absolute Gasteiger partial charge is 0.442 e. The van der Waals surface area contributed by atoms with E-state index in [1.54, 1.807) is 18.2 Å². The second-order valence-electron chi connectivity index (χ2n) is 10.2. The number of nitrogens with zero attached hydrogens (tertiary/aromatic N) is 2. The van der Waals surface area contributed by atoms with Crippen molar-refractivity contribution in [2.75, 3.05) is 18.4 Å². The number of hydrogen-bond donors (Lipinski definition) is 3. The first kappa shape index (κ1) is 31.9. The van der Waals surface area contributed by atoms with Crippen LogP contribution in [-0.4, -0.2) is 46.7 Å². The molecule has 2 heterocycles. The molecule has 0 radical (unpaired) electrons. The first-order chi connectivity index (χ1) is 19.4. The quantitative estimate of drug-likeness (QED) is 0.154. The third-order valence-electron chi connectivity index (χ3n) is 6.93. The molecule has 0 saturated carbocycles. The molecule has 3 rings (SSSR count). The minimum atomic E-state index is -0.576. The number of carbonyl (C=O) groups excluding carboxylic acids is 3. The van der Waals surface area contributed by atoms with Gasteiger partial charge in [-0.1, -0.05) is 87.6 Å². The number of carbonyl (C=O) groups is 3. The van der Waals surface area contributed by atoms with Gasteiger partial charge in [0.2, 0.25) is 0 Å². The van der Waals surface area contributed by atoms with E-state index in [-0.39, 0.29) is 45.7 Å². The Balaban J connectivity index is 1.56. The monoisotopic (exact) mass is 593 g/mol. The number of piperidine rings is 1. The molecule has 0 aliphatic carbocycles. The third-order valence-corrected chi connectivity index (χ3v) is 7.56. The van der Waals surface area contributed by atoms with Crippen LogP contribution in [0.4, 0.5) is 5.69 Å². The molecule has 2 amide bonds. The Morgan fingerprint density at radius 1 is 0.975 bits per heavy atom. The molecular weight excluding hydrogens is 553 g/mol. The van der Waals surface area contributed by atoms with Crippen LogP contribution in [0.15, 0.2) is 24.4 Å². The smallest absolute Gasteiger partial charge is 0.307 e. The average Bonchev–Trinajstić information content (AvgIpc) is 3.34. The summed E-state index contributed by atoms with van der Waals surface area (Å²) >= 11 is 12.4. The predicted octanol–water partition coefficient (Wildman–Crippen LogP) is 6.35. The summed E-state index contributed by atoms with van der Waals surface area (Å²) in [7, 11) is 0. The van der Waals surface area contributed by atoms with E-state index in [0.717, 1.165) is 45.2 Å². The highest BCUT2D eigenvalue weighted by atomic mass is 35.5. The fraction of sp³-hybridized carbons (Fsp3) is 0.586. The molecule has 9 nitrogen and oxygen atoms in total. The number of nitrogens with one attached hydrogen (secondary N) is 3. The van der Waals surface area contributed by atoms with Crippen LogP contribution in [-0.2, 0) is 16.3 Å². The van der Waals surface area contributed by atoms with Gasteiger partial charge in [-0.05, 0) is 44.5 Å². The van der Waals surface area contributed by atoms with Gasteiger partial charge in [-0.3, -0.25) is 14.4 Å². The van der Waals surface area contributed by atoms with E-state index in [0.29, 0.717) is 6.42 Å². The van der Waals surface area contributed by atoms with Crippen molar-refractivity contribution in [3.8, 4) is 0 Å². The van der Waals surface area contributed by atoms with Crippen LogP contribution in [0.2, 0.25) is 10.0 Å². The van der Waals surface area contributed by atoms with Crippen molar-refractivity contribution in [2.45, 2.75) is 96.7 Å². The lowest BCUT2D eigenvalue weighted by Gasteiger charge is -2.23. The summed E-state index contributed by atoms with van der Waals surface area (Å²) in [5.74, 6) is -1.33. The van der Waals surface area contributed by atoms with Gasteiger partial charge in [0.05, 0.1) is 27.5 Å². The van der Waals surface area contributed by atoms with Gasteiger partial charge in [-0.25, -0.2) is 4.68 Å². The van der Waals surface area contributed by atoms with Crippen molar-refractivity contribution in [3.63, 3.8) is 0 Å². The van der Waals surface area contributed by atoms with E-state index in [2.05, 4.69) is 28.0 Å². The van der Waals surface area contributed by atoms with Crippen molar-refractivity contribution in [1.82, 2.24) is 20.4 Å². The van der Waals surface area contributed by atoms with Crippen LogP contribution in [0.1, 0.15) is 105 Å². The fourth-order valence-electron chi connectivity index (χ4n) is 4.66. The predicted molar refractivity (Wildman–Crippen MR) is 158 cm³/mol. The molecule has 1 aromatic heterocycles. The highest BCUT2D eigenvalue weighted by Gasteiger charge is 2.24. The number of benzene rings is 1. The number of amides is 2. The number of ether oxygens (including phenoxy) is 1. The number of aromatic nitrogens is 2. The van der Waals surface area contributed by atoms with Crippen LogP contribution >= 0.6 is 23.2 Å². The zero-order valence-corrected chi connectivity index (χ0v) is 24.8. The Labute approximate surface area is 246 Å². The number of esters is 1. The Bertz CT molecular complexity index is 1100. The number of unbranched alkanes of at least 4 members (excludes halogenated alkanes) is 8. The van der Waals surface area contributed by atoms with Gasteiger partial charge in [0, 0.05) is 12.5 Å². The zero-order valence-electron chi connectivity index (χ0n) is 23.3. The molecule has 0 bridgehead atoms. The van der Waals surface area contributed by atoms with Crippen LogP contribution < -0.4 is 16.0 Å². The Morgan fingerprint density at radius 3 is 2.25 bits per heavy atom. The maximum absolute atomic E-state index is 13.1. The van der Waals surface area contributed by atoms with Crippen molar-refractivity contribution in [1.29, 1.82) is 0 Å². The summed E-state index contributed by atoms with van der Waals surface area (Å²) in [6, 6.07) is 4.75. The van der Waals surface area contributed by atoms with Crippen molar-refractivity contribution in [3.05, 3.63) is 45.7 Å². The Kier molecular flexibility index (Phi) is 13.8. The number of rotatable bonds is 16. The fourth-order valence-corrected chi connectivity index (χ4v) is 5.23. The van der Waals surface area contributed by atoms with E-state index in [1.165, 1.54) is 49.4 Å². The molecule has 0 atom stereocenters. The molecule has 0 unspecified atom stereocenters. The van der Waals surface area contributed by atoms with Gasteiger partial charge in [-0.15, -0.1) is 0 Å². The summed E-state index contributed by atoms with van der Waals surface area (Å²) < 4.78 is 6.72. The minimum absolute atomic E-state index is 0.00497. The summed E-state index contributed by atoms with van der Waals surface area (Å²) in [6.07, 6.45) is 13.8. The summed E-state index contributed by atoms with van der Waals surface area (Å²) in [4.78, 5) is 38.4. The first-order valence-electron chi connectivity index (χ1n) is 14.4. The molecule has 1 fully saturated rings. The summed E-state index contributed by atoms with van der Waals surface area (Å²) in [5, 5.41) is 13.6. The highest BCUT2D eigenvalue weighted by Crippen LogP contribution is 2.26. The Morgan fingerprint density at radius 2 is 1.60 bits per heavy atom. The second kappa shape index (κ2) is 17.3. The molecule has 1 saturated heterocycles. The molecule has 0 spiro atoms. The van der Waals surface area contributed by atoms with Crippen LogP contribution in [0.5, 0.6) is 0 Å². The highest BCUT2D eigenvalue weighted by molar-refractivity contribution is 6.40. The van der Waals surface area contributed by atoms with Gasteiger partial charge in [0.15, 0.2) is 12.4 Å². The van der Waals surface area contributed by atoms with E-state index in [4.69, 9.17) is 27.9 Å². The van der Waals surface area contributed by atoms with E-state index < -0.39 is 11.8 Å². The van der Waals surface area contributed by atoms with Crippen LogP contribution in [0.25, 0.3) is 0 Å². The molecule has 1 aliphatic heterocycles. The van der Waals surface area contributed by atoms with Gasteiger partial charge in [0.1, 0.15) is 0 Å². The SMILES string of the molecule is CCCCCCCCCCCC(=O)OCn1cc(NC(=O)c2c(Cl)cccc2Cl)c(C(=O)NC2CCNCC2)n1. The van der Waals surface area contributed by atoms with Crippen molar-refractivity contribution in [2.24, 2.45) is 0 Å². The molecule has 11 heteroatoms. The summed E-state index contributed by atoms with van der Waals surface area (Å²) in [5.41, 5.74) is 0.281. The maximum Gasteiger partial charge on any atom is 0.307 e. The average molecular weight is 595 g/mol. The number of halogens is 2. The van der Waals surface area contributed by atoms with Crippen LogP contribution in [0, 0.1) is 0 Å². The number of anilines is 1. The molecular formula is C29H41Cl2N5O4. The normalized spacial score (nSPS) is 13.7. The molecule has 1 aliphatic rings. The zero-order chi connectivity index (χ0) is 28.7. The lowest BCUT2D eigenvalue weighted by atomic mass is 10.1. The molecule has 1 aromatic carbocycles. The van der Waals surface area contributed by atoms with Crippen LogP contribution in [0.3, 0.4) is 0 Å². The molecule has 2 aromatic rings. The second-order valence-corrected chi connectivity index (χ2v) is 11.0. The molecule has 220 valence electrons. The summed E-state index contributed by atoms with van der Waals surface area (Å²) in [6.45, 7) is 3.66. The molecule has 40 heavy (non-hydrogen) atoms. The van der Waals surface area contributed by atoms with E-state index in [1.807, 2.05) is 0 Å². The van der Waals surface area contributed by atoms with Crippen molar-refractivity contribution < 1.29 is 19.1 Å². The molecule has 3 N–H and O–H groups in total. The Hall–Kier alpha value is -2.62. The topological polar surface area (TPSA) is 114 Å². The van der Waals surface area contributed by atoms with Gasteiger partial charge >= 0.3 is 5.97 Å². The first-order valence-corrected chi connectivity index (χ1v) is 15.1. The maximum atomic E-state index is 13.1. The lowest BCUT2D eigenvalue weighted by molar-refractivity contribution is -0.148. The van der Waals surface area contributed by atoms with E-state index >= 15 is 0 Å². The van der Waals surface area contributed by atoms with Gasteiger partial charge in [-0.2, -0.15) is 5.10 Å². The van der Waals surface area contributed by atoms with Crippen molar-refractivity contribution >= 4 is 46.7 Å². The number of hydrogen-bond acceptors (Lipinski definition) is 6. The van der Waals surface area contributed by atoms with Gasteiger partial charge < -0.3 is 20.7 Å². The lowest BCUT2D eigenvalue weighted by Crippen LogP contribution is -2.43. The standard InChI is InChI=1S/C29H41Cl2N5O4/c1-2-3-4-5-6-7-8-9-10-14-25(37)40-20-36-19-24(34-28(38)26-22(30)12-11-13-23(26)31)27(35-36)29(39)33-21-15-17-32-18-16-21/h11-13,19,21,32H,2-10,14-18,20H2,1H3,(H,33,39)(H,34,38). The minimum Gasteiger partial charge on any atom is -0.442 e. The van der Waals surface area contributed by atoms with E-state index in [9.17, 15) is 14.4 Å².